The molecule has 0 fully saturated rings. The minimum absolute atomic E-state index is 0.178. The Labute approximate surface area is 161 Å². The quantitative estimate of drug-likeness (QED) is 0.714. The van der Waals surface area contributed by atoms with Crippen LogP contribution in [0.4, 0.5) is 5.69 Å². The van der Waals surface area contributed by atoms with Crippen LogP contribution in [0.25, 0.3) is 0 Å². The molecule has 0 spiro atoms. The van der Waals surface area contributed by atoms with Gasteiger partial charge in [-0.3, -0.25) is 9.10 Å². The summed E-state index contributed by atoms with van der Waals surface area (Å²) in [5.74, 6) is 0.0516. The first kappa shape index (κ1) is 20.8. The zero-order valence-corrected chi connectivity index (χ0v) is 16.7. The Balaban J connectivity index is 2.23. The van der Waals surface area contributed by atoms with E-state index in [9.17, 15) is 13.2 Å². The second kappa shape index (κ2) is 9.41. The molecule has 1 atom stereocenters. The number of hydrogen-bond donors (Lipinski definition) is 1. The van der Waals surface area contributed by atoms with Crippen LogP contribution in [0, 0.1) is 0 Å². The van der Waals surface area contributed by atoms with E-state index in [-0.39, 0.29) is 18.5 Å². The van der Waals surface area contributed by atoms with Crippen molar-refractivity contribution in [3.05, 3.63) is 60.2 Å². The fourth-order valence-electron chi connectivity index (χ4n) is 2.80. The van der Waals surface area contributed by atoms with E-state index in [1.807, 2.05) is 44.2 Å². The van der Waals surface area contributed by atoms with E-state index in [1.165, 1.54) is 0 Å². The number of anilines is 1. The molecule has 1 amide bonds. The molecule has 146 valence electrons. The molecule has 7 heteroatoms. The van der Waals surface area contributed by atoms with Crippen LogP contribution in [-0.4, -0.2) is 33.7 Å². The second-order valence-electron chi connectivity index (χ2n) is 6.11. The number of nitrogens with zero attached hydrogens (tertiary/aromatic N) is 1. The number of nitrogens with one attached hydrogen (secondary N) is 1. The lowest BCUT2D eigenvalue weighted by Gasteiger charge is -2.25. The molecule has 0 heterocycles. The van der Waals surface area contributed by atoms with E-state index in [1.54, 1.807) is 24.3 Å². The molecular weight excluding hydrogens is 364 g/mol. The van der Waals surface area contributed by atoms with Crippen molar-refractivity contribution >= 4 is 21.6 Å². The smallest absolute Gasteiger partial charge is 0.241 e. The lowest BCUT2D eigenvalue weighted by Crippen LogP contribution is -2.41. The van der Waals surface area contributed by atoms with Crippen molar-refractivity contribution < 1.29 is 17.9 Å². The van der Waals surface area contributed by atoms with Crippen LogP contribution in [0.1, 0.15) is 31.9 Å². The van der Waals surface area contributed by atoms with Crippen LogP contribution in [0.15, 0.2) is 54.6 Å². The van der Waals surface area contributed by atoms with Gasteiger partial charge in [-0.25, -0.2) is 8.42 Å². The van der Waals surface area contributed by atoms with Gasteiger partial charge in [0, 0.05) is 0 Å². The molecule has 27 heavy (non-hydrogen) atoms. The largest absolute Gasteiger partial charge is 0.492 e. The molecule has 2 rings (SSSR count). The predicted molar refractivity (Wildman–Crippen MR) is 107 cm³/mol. The van der Waals surface area contributed by atoms with Crippen molar-refractivity contribution in [2.24, 2.45) is 0 Å². The molecule has 2 aromatic rings. The third kappa shape index (κ3) is 5.72. The molecule has 0 aliphatic carbocycles. The Morgan fingerprint density at radius 2 is 1.70 bits per heavy atom. The Bertz CT molecular complexity index is 853. The number of carbonyl (C=O) groups is 1. The monoisotopic (exact) mass is 390 g/mol. The first-order valence-electron chi connectivity index (χ1n) is 8.90. The van der Waals surface area contributed by atoms with Crippen molar-refractivity contribution in [2.75, 3.05) is 23.7 Å². The standard InChI is InChI=1S/C20H26N2O4S/c1-4-17(16-11-7-6-8-12-16)21-20(23)15-22(27(3,24)25)18-13-9-10-14-19(18)26-5-2/h6-14,17H,4-5,15H2,1-3H3,(H,21,23). The van der Waals surface area contributed by atoms with Crippen LogP contribution in [0.3, 0.4) is 0 Å². The molecular formula is C20H26N2O4S. The summed E-state index contributed by atoms with van der Waals surface area (Å²) in [4.78, 5) is 12.6. The maximum absolute atomic E-state index is 12.6. The van der Waals surface area contributed by atoms with E-state index in [0.29, 0.717) is 24.5 Å². The number of amides is 1. The van der Waals surface area contributed by atoms with Crippen molar-refractivity contribution in [1.82, 2.24) is 5.32 Å². The summed E-state index contributed by atoms with van der Waals surface area (Å²) in [5.41, 5.74) is 1.33. The van der Waals surface area contributed by atoms with Crippen LogP contribution in [-0.2, 0) is 14.8 Å². The van der Waals surface area contributed by atoms with Crippen LogP contribution in [0.2, 0.25) is 0 Å². The molecule has 0 saturated carbocycles. The molecule has 2 aromatic carbocycles. The molecule has 0 radical (unpaired) electrons. The Morgan fingerprint density at radius 3 is 2.30 bits per heavy atom. The molecule has 1 unspecified atom stereocenters. The summed E-state index contributed by atoms with van der Waals surface area (Å²) in [6, 6.07) is 16.2. The van der Waals surface area contributed by atoms with Gasteiger partial charge in [-0.05, 0) is 31.0 Å². The maximum Gasteiger partial charge on any atom is 0.241 e. The number of hydrogen-bond acceptors (Lipinski definition) is 4. The number of benzene rings is 2. The number of carbonyl (C=O) groups excluding carboxylic acids is 1. The Hall–Kier alpha value is -2.54. The minimum atomic E-state index is -3.67. The first-order chi connectivity index (χ1) is 12.9. The Kier molecular flexibility index (Phi) is 7.24. The molecule has 0 aromatic heterocycles. The maximum atomic E-state index is 12.6. The highest BCUT2D eigenvalue weighted by molar-refractivity contribution is 7.92. The molecule has 0 aliphatic rings. The fourth-order valence-corrected chi connectivity index (χ4v) is 3.66. The van der Waals surface area contributed by atoms with Gasteiger partial charge in [-0.1, -0.05) is 49.4 Å². The van der Waals surface area contributed by atoms with Crippen LogP contribution < -0.4 is 14.4 Å². The summed E-state index contributed by atoms with van der Waals surface area (Å²) in [6.45, 7) is 3.87. The second-order valence-corrected chi connectivity index (χ2v) is 8.02. The SMILES string of the molecule is CCOc1ccccc1N(CC(=O)NC(CC)c1ccccc1)S(C)(=O)=O. The number of ether oxygens (including phenoxy) is 1. The van der Waals surface area contributed by atoms with Gasteiger partial charge in [-0.2, -0.15) is 0 Å². The zero-order valence-electron chi connectivity index (χ0n) is 15.9. The lowest BCUT2D eigenvalue weighted by molar-refractivity contribution is -0.120. The molecule has 0 aliphatic heterocycles. The highest BCUT2D eigenvalue weighted by atomic mass is 32.2. The number of rotatable bonds is 9. The van der Waals surface area contributed by atoms with Gasteiger partial charge in [0.2, 0.25) is 15.9 Å². The highest BCUT2D eigenvalue weighted by Crippen LogP contribution is 2.29. The lowest BCUT2D eigenvalue weighted by atomic mass is 10.0. The zero-order chi connectivity index (χ0) is 19.9. The average Bonchev–Trinajstić information content (AvgIpc) is 2.65. The third-order valence-electron chi connectivity index (χ3n) is 4.07. The highest BCUT2D eigenvalue weighted by Gasteiger charge is 2.25. The van der Waals surface area contributed by atoms with E-state index in [2.05, 4.69) is 5.32 Å². The normalized spacial score (nSPS) is 12.3. The van der Waals surface area contributed by atoms with E-state index < -0.39 is 10.0 Å². The van der Waals surface area contributed by atoms with Gasteiger partial charge in [0.05, 0.1) is 24.6 Å². The van der Waals surface area contributed by atoms with Gasteiger partial charge < -0.3 is 10.1 Å². The van der Waals surface area contributed by atoms with Crippen LogP contribution >= 0.6 is 0 Å². The van der Waals surface area contributed by atoms with Gasteiger partial charge in [0.25, 0.3) is 0 Å². The summed E-state index contributed by atoms with van der Waals surface area (Å²) < 4.78 is 31.3. The summed E-state index contributed by atoms with van der Waals surface area (Å²) in [7, 11) is -3.67. The van der Waals surface area contributed by atoms with E-state index >= 15 is 0 Å². The minimum Gasteiger partial charge on any atom is -0.492 e. The van der Waals surface area contributed by atoms with Crippen molar-refractivity contribution in [3.63, 3.8) is 0 Å². The topological polar surface area (TPSA) is 75.7 Å². The molecule has 6 nitrogen and oxygen atoms in total. The summed E-state index contributed by atoms with van der Waals surface area (Å²) in [6.07, 6.45) is 1.78. The van der Waals surface area contributed by atoms with Gasteiger partial charge >= 0.3 is 0 Å². The van der Waals surface area contributed by atoms with Crippen molar-refractivity contribution in [3.8, 4) is 5.75 Å². The van der Waals surface area contributed by atoms with Crippen molar-refractivity contribution in [1.29, 1.82) is 0 Å². The molecule has 1 N–H and O–H groups in total. The van der Waals surface area contributed by atoms with Gasteiger partial charge in [0.15, 0.2) is 0 Å². The van der Waals surface area contributed by atoms with Gasteiger partial charge in [0.1, 0.15) is 12.3 Å². The van der Waals surface area contributed by atoms with Gasteiger partial charge in [-0.15, -0.1) is 0 Å². The average molecular weight is 391 g/mol. The van der Waals surface area contributed by atoms with E-state index in [4.69, 9.17) is 4.74 Å². The number of para-hydroxylation sites is 2. The molecule has 0 bridgehead atoms. The number of sulfonamides is 1. The third-order valence-corrected chi connectivity index (χ3v) is 5.19. The van der Waals surface area contributed by atoms with Crippen molar-refractivity contribution in [2.45, 2.75) is 26.3 Å². The summed E-state index contributed by atoms with van der Waals surface area (Å²) >= 11 is 0. The van der Waals surface area contributed by atoms with E-state index in [0.717, 1.165) is 16.1 Å². The molecule has 0 saturated heterocycles. The Morgan fingerprint density at radius 1 is 1.07 bits per heavy atom. The first-order valence-corrected chi connectivity index (χ1v) is 10.8. The fraction of sp³-hybridized carbons (Fsp3) is 0.350. The summed E-state index contributed by atoms with van der Waals surface area (Å²) in [5, 5.41) is 2.92. The van der Waals surface area contributed by atoms with Crippen LogP contribution in [0.5, 0.6) is 5.75 Å². The predicted octanol–water partition coefficient (Wildman–Crippen LogP) is 3.12.